The number of halogens is 3. The summed E-state index contributed by atoms with van der Waals surface area (Å²) in [5.74, 6) is 4.49. The van der Waals surface area contributed by atoms with Gasteiger partial charge in [-0.3, -0.25) is 14.9 Å². The lowest BCUT2D eigenvalue weighted by atomic mass is 10.1. The normalized spacial score (nSPS) is 10.5. The average Bonchev–Trinajstić information content (AvgIpc) is 2.58. The van der Waals surface area contributed by atoms with Gasteiger partial charge in [0.15, 0.2) is 0 Å². The van der Waals surface area contributed by atoms with Crippen LogP contribution in [0.5, 0.6) is 0 Å². The summed E-state index contributed by atoms with van der Waals surface area (Å²) in [6.07, 6.45) is -4.45. The van der Waals surface area contributed by atoms with Crippen molar-refractivity contribution >= 4 is 11.6 Å². The highest BCUT2D eigenvalue weighted by Gasteiger charge is 2.30. The molecule has 0 aromatic heterocycles. The summed E-state index contributed by atoms with van der Waals surface area (Å²) in [6.45, 7) is -0.113. The Morgan fingerprint density at radius 2 is 1.88 bits per heavy atom. The van der Waals surface area contributed by atoms with Crippen molar-refractivity contribution < 1.29 is 22.9 Å². The monoisotopic (exact) mass is 348 g/mol. The van der Waals surface area contributed by atoms with Crippen molar-refractivity contribution in [2.24, 2.45) is 0 Å². The standard InChI is InChI=1S/C17H11F3N2O3/c18-17(19,20)14-7-1-4-12(10-14)5-3-9-21-16(23)13-6-2-8-15(11-13)22(24)25/h1-2,4,6-8,10-11H,9H2,(H,21,23). The second-order valence-corrected chi connectivity index (χ2v) is 4.87. The van der Waals surface area contributed by atoms with Gasteiger partial charge in [-0.15, -0.1) is 0 Å². The van der Waals surface area contributed by atoms with Crippen molar-refractivity contribution in [2.75, 3.05) is 6.54 Å². The number of amides is 1. The van der Waals surface area contributed by atoms with Crippen molar-refractivity contribution in [3.8, 4) is 11.8 Å². The number of alkyl halides is 3. The summed E-state index contributed by atoms with van der Waals surface area (Å²) >= 11 is 0. The first kappa shape index (κ1) is 18.0. The summed E-state index contributed by atoms with van der Waals surface area (Å²) in [7, 11) is 0. The average molecular weight is 348 g/mol. The summed E-state index contributed by atoms with van der Waals surface area (Å²) in [6, 6.07) is 9.67. The van der Waals surface area contributed by atoms with Gasteiger partial charge in [0.1, 0.15) is 0 Å². The third-order valence-corrected chi connectivity index (χ3v) is 3.08. The zero-order valence-electron chi connectivity index (χ0n) is 12.6. The molecule has 0 aliphatic carbocycles. The van der Waals surface area contributed by atoms with Crippen molar-refractivity contribution in [3.05, 3.63) is 75.3 Å². The van der Waals surface area contributed by atoms with Crippen LogP contribution < -0.4 is 5.32 Å². The van der Waals surface area contributed by atoms with Gasteiger partial charge in [0, 0.05) is 23.3 Å². The smallest absolute Gasteiger partial charge is 0.341 e. The minimum Gasteiger partial charge on any atom is -0.341 e. The van der Waals surface area contributed by atoms with E-state index in [0.29, 0.717) is 0 Å². The number of carbonyl (C=O) groups is 1. The molecule has 0 saturated carbocycles. The highest BCUT2D eigenvalue weighted by Crippen LogP contribution is 2.29. The van der Waals surface area contributed by atoms with Crippen LogP contribution in [0.25, 0.3) is 0 Å². The highest BCUT2D eigenvalue weighted by atomic mass is 19.4. The summed E-state index contributed by atoms with van der Waals surface area (Å²) in [5, 5.41) is 13.1. The summed E-state index contributed by atoms with van der Waals surface area (Å²) < 4.78 is 37.8. The van der Waals surface area contributed by atoms with E-state index < -0.39 is 22.6 Å². The van der Waals surface area contributed by atoms with Gasteiger partial charge in [-0.2, -0.15) is 13.2 Å². The number of hydrogen-bond donors (Lipinski definition) is 1. The third kappa shape index (κ3) is 5.07. The van der Waals surface area contributed by atoms with E-state index in [1.54, 1.807) is 0 Å². The molecule has 0 spiro atoms. The lowest BCUT2D eigenvalue weighted by Crippen LogP contribution is -2.23. The molecule has 0 fully saturated rings. The molecule has 5 nitrogen and oxygen atoms in total. The molecular weight excluding hydrogens is 337 g/mol. The van der Waals surface area contributed by atoms with Crippen molar-refractivity contribution in [3.63, 3.8) is 0 Å². The molecule has 0 atom stereocenters. The van der Waals surface area contributed by atoms with E-state index in [2.05, 4.69) is 17.2 Å². The van der Waals surface area contributed by atoms with Crippen molar-refractivity contribution in [2.45, 2.75) is 6.18 Å². The van der Waals surface area contributed by atoms with Crippen LogP contribution in [0.3, 0.4) is 0 Å². The number of nitro groups is 1. The largest absolute Gasteiger partial charge is 0.416 e. The molecule has 0 radical (unpaired) electrons. The van der Waals surface area contributed by atoms with E-state index in [4.69, 9.17) is 0 Å². The predicted octanol–water partition coefficient (Wildman–Crippen LogP) is 3.40. The fourth-order valence-electron chi connectivity index (χ4n) is 1.91. The Kier molecular flexibility index (Phi) is 5.39. The van der Waals surface area contributed by atoms with Crippen molar-refractivity contribution in [1.29, 1.82) is 0 Å². The summed E-state index contributed by atoms with van der Waals surface area (Å²) in [5.41, 5.74) is -0.767. The van der Waals surface area contributed by atoms with E-state index in [0.717, 1.165) is 18.2 Å². The molecule has 0 heterocycles. The molecule has 128 valence electrons. The second-order valence-electron chi connectivity index (χ2n) is 4.87. The molecule has 0 aliphatic rings. The zero-order valence-corrected chi connectivity index (χ0v) is 12.6. The Bertz CT molecular complexity index is 867. The Hall–Kier alpha value is -3.34. The maximum atomic E-state index is 12.6. The quantitative estimate of drug-likeness (QED) is 0.525. The third-order valence-electron chi connectivity index (χ3n) is 3.08. The van der Waals surface area contributed by atoms with Crippen LogP contribution in [0.2, 0.25) is 0 Å². The minimum absolute atomic E-state index is 0.0927. The van der Waals surface area contributed by atoms with Gasteiger partial charge in [-0.25, -0.2) is 0 Å². The highest BCUT2D eigenvalue weighted by molar-refractivity contribution is 5.94. The second kappa shape index (κ2) is 7.49. The molecule has 0 bridgehead atoms. The van der Waals surface area contributed by atoms with E-state index >= 15 is 0 Å². The van der Waals surface area contributed by atoms with Gasteiger partial charge in [0.25, 0.3) is 11.6 Å². The van der Waals surface area contributed by atoms with Gasteiger partial charge in [-0.05, 0) is 24.3 Å². The maximum absolute atomic E-state index is 12.6. The Morgan fingerprint density at radius 1 is 1.16 bits per heavy atom. The number of rotatable bonds is 3. The molecule has 0 unspecified atom stereocenters. The van der Waals surface area contributed by atoms with Crippen molar-refractivity contribution in [1.82, 2.24) is 5.32 Å². The number of nitrogens with zero attached hydrogens (tertiary/aromatic N) is 1. The minimum atomic E-state index is -4.45. The van der Waals surface area contributed by atoms with Gasteiger partial charge < -0.3 is 5.32 Å². The first-order chi connectivity index (χ1) is 11.8. The van der Waals surface area contributed by atoms with Crippen LogP contribution in [0, 0.1) is 22.0 Å². The number of carbonyl (C=O) groups excluding carboxylic acids is 1. The number of non-ortho nitro benzene ring substituents is 1. The Balaban J connectivity index is 2.00. The van der Waals surface area contributed by atoms with Gasteiger partial charge in [-0.1, -0.05) is 24.0 Å². The first-order valence-corrected chi connectivity index (χ1v) is 6.96. The Labute approximate surface area is 140 Å². The first-order valence-electron chi connectivity index (χ1n) is 6.96. The molecule has 2 aromatic carbocycles. The molecule has 0 aliphatic heterocycles. The number of nitrogens with one attached hydrogen (secondary N) is 1. The van der Waals surface area contributed by atoms with Gasteiger partial charge in [0.2, 0.25) is 0 Å². The molecule has 25 heavy (non-hydrogen) atoms. The number of hydrogen-bond acceptors (Lipinski definition) is 3. The predicted molar refractivity (Wildman–Crippen MR) is 83.8 cm³/mol. The van der Waals surface area contributed by atoms with E-state index in [1.807, 2.05) is 0 Å². The molecule has 0 saturated heterocycles. The fourth-order valence-corrected chi connectivity index (χ4v) is 1.91. The fraction of sp³-hybridized carbons (Fsp3) is 0.118. The summed E-state index contributed by atoms with van der Waals surface area (Å²) in [4.78, 5) is 21.9. The molecule has 1 amide bonds. The topological polar surface area (TPSA) is 72.2 Å². The molecular formula is C17H11F3N2O3. The Morgan fingerprint density at radius 3 is 2.56 bits per heavy atom. The van der Waals surface area contributed by atoms with Crippen LogP contribution in [-0.2, 0) is 6.18 Å². The van der Waals surface area contributed by atoms with Crippen LogP contribution in [0.1, 0.15) is 21.5 Å². The van der Waals surface area contributed by atoms with E-state index in [-0.39, 0.29) is 23.4 Å². The lowest BCUT2D eigenvalue weighted by Gasteiger charge is -2.05. The molecule has 8 heteroatoms. The lowest BCUT2D eigenvalue weighted by molar-refractivity contribution is -0.384. The van der Waals surface area contributed by atoms with Crippen LogP contribution in [-0.4, -0.2) is 17.4 Å². The zero-order chi connectivity index (χ0) is 18.4. The maximum Gasteiger partial charge on any atom is 0.416 e. The number of nitro benzene ring substituents is 1. The SMILES string of the molecule is O=C(NCC#Cc1cccc(C(F)(F)F)c1)c1cccc([N+](=O)[O-])c1. The number of benzene rings is 2. The van der Waals surface area contributed by atoms with E-state index in [9.17, 15) is 28.1 Å². The molecule has 1 N–H and O–H groups in total. The molecule has 2 rings (SSSR count). The van der Waals surface area contributed by atoms with E-state index in [1.165, 1.54) is 30.3 Å². The van der Waals surface area contributed by atoms with Crippen LogP contribution in [0.15, 0.2) is 48.5 Å². The molecule has 2 aromatic rings. The van der Waals surface area contributed by atoms with Gasteiger partial charge in [0.05, 0.1) is 17.0 Å². The van der Waals surface area contributed by atoms with Gasteiger partial charge >= 0.3 is 6.18 Å². The van der Waals surface area contributed by atoms with Crippen LogP contribution in [0.4, 0.5) is 18.9 Å². The van der Waals surface area contributed by atoms with Crippen LogP contribution >= 0.6 is 0 Å².